The summed E-state index contributed by atoms with van der Waals surface area (Å²) in [6.45, 7) is 6.54. The molecule has 1 aliphatic rings. The normalized spacial score (nSPS) is 16.4. The Balaban J connectivity index is 1.58. The summed E-state index contributed by atoms with van der Waals surface area (Å²) in [5.74, 6) is 0.154. The minimum absolute atomic E-state index is 0.154. The molecule has 2 aromatic heterocycles. The van der Waals surface area contributed by atoms with E-state index in [0.29, 0.717) is 0 Å². The zero-order chi connectivity index (χ0) is 14.8. The lowest BCUT2D eigenvalue weighted by Gasteiger charge is -2.34. The molecule has 0 saturated carbocycles. The molecule has 1 fully saturated rings. The summed E-state index contributed by atoms with van der Waals surface area (Å²) in [7, 11) is 1.95. The van der Waals surface area contributed by atoms with E-state index >= 15 is 0 Å². The molecule has 0 aromatic carbocycles. The Morgan fingerprint density at radius 1 is 1.19 bits per heavy atom. The lowest BCUT2D eigenvalue weighted by molar-refractivity contribution is 0.0619. The molecule has 21 heavy (non-hydrogen) atoms. The van der Waals surface area contributed by atoms with Crippen molar-refractivity contribution in [3.63, 3.8) is 0 Å². The fourth-order valence-electron chi connectivity index (χ4n) is 2.74. The Hall–Kier alpha value is -1.59. The second-order valence-corrected chi connectivity index (χ2v) is 6.40. The molecule has 1 aliphatic heterocycles. The highest BCUT2D eigenvalue weighted by Crippen LogP contribution is 2.14. The van der Waals surface area contributed by atoms with E-state index in [1.54, 1.807) is 11.3 Å². The maximum absolute atomic E-state index is 12.5. The van der Waals surface area contributed by atoms with Crippen molar-refractivity contribution in [2.75, 3.05) is 26.2 Å². The van der Waals surface area contributed by atoms with E-state index in [4.69, 9.17) is 0 Å². The van der Waals surface area contributed by atoms with Crippen LogP contribution in [0.15, 0.2) is 29.0 Å². The first-order chi connectivity index (χ1) is 10.1. The Kier molecular flexibility index (Phi) is 4.12. The molecule has 0 aliphatic carbocycles. The summed E-state index contributed by atoms with van der Waals surface area (Å²) < 4.78 is 1.97. The summed E-state index contributed by atoms with van der Waals surface area (Å²) in [6, 6.07) is 6.10. The lowest BCUT2D eigenvalue weighted by Crippen LogP contribution is -2.48. The molecule has 0 N–H and O–H groups in total. The van der Waals surface area contributed by atoms with Gasteiger partial charge in [0, 0.05) is 45.5 Å². The van der Waals surface area contributed by atoms with Crippen LogP contribution in [0.4, 0.5) is 0 Å². The molecule has 0 spiro atoms. The largest absolute Gasteiger partial charge is 0.344 e. The van der Waals surface area contributed by atoms with Gasteiger partial charge in [-0.1, -0.05) is 0 Å². The number of aryl methyl sites for hydroxylation is 1. The van der Waals surface area contributed by atoms with E-state index in [9.17, 15) is 4.79 Å². The highest BCUT2D eigenvalue weighted by molar-refractivity contribution is 7.07. The number of nitrogens with zero attached hydrogens (tertiary/aromatic N) is 3. The lowest BCUT2D eigenvalue weighted by atomic mass is 10.2. The van der Waals surface area contributed by atoms with Crippen LogP contribution in [0.25, 0.3) is 0 Å². The fraction of sp³-hybridized carbons (Fsp3) is 0.438. The van der Waals surface area contributed by atoms with E-state index < -0.39 is 0 Å². The van der Waals surface area contributed by atoms with E-state index in [1.807, 2.05) is 35.6 Å². The van der Waals surface area contributed by atoms with Crippen LogP contribution in [0.1, 0.15) is 21.7 Å². The van der Waals surface area contributed by atoms with Crippen molar-refractivity contribution in [2.24, 2.45) is 7.05 Å². The molecule has 0 bridgehead atoms. The minimum Gasteiger partial charge on any atom is -0.344 e. The molecule has 1 saturated heterocycles. The molecule has 4 nitrogen and oxygen atoms in total. The molecule has 1 amide bonds. The molecule has 5 heteroatoms. The van der Waals surface area contributed by atoms with Gasteiger partial charge in [-0.2, -0.15) is 11.3 Å². The van der Waals surface area contributed by atoms with Crippen molar-refractivity contribution >= 4 is 17.2 Å². The molecule has 3 heterocycles. The standard InChI is InChI=1S/C16H21N3OS/c1-13-3-4-15(17(13)2)16(20)19-8-6-18(7-9-19)11-14-5-10-21-12-14/h3-5,10,12H,6-9,11H2,1-2H3. The van der Waals surface area contributed by atoms with Crippen LogP contribution in [0, 0.1) is 6.92 Å². The third-order valence-corrected chi connectivity index (χ3v) is 4.97. The van der Waals surface area contributed by atoms with Gasteiger partial charge >= 0.3 is 0 Å². The number of amides is 1. The van der Waals surface area contributed by atoms with Crippen LogP contribution in [0.5, 0.6) is 0 Å². The highest BCUT2D eigenvalue weighted by Gasteiger charge is 2.23. The van der Waals surface area contributed by atoms with Crippen LogP contribution >= 0.6 is 11.3 Å². The zero-order valence-corrected chi connectivity index (χ0v) is 13.4. The van der Waals surface area contributed by atoms with Gasteiger partial charge in [0.25, 0.3) is 5.91 Å². The summed E-state index contributed by atoms with van der Waals surface area (Å²) in [5, 5.41) is 4.32. The zero-order valence-electron chi connectivity index (χ0n) is 12.6. The Bertz CT molecular complexity index is 610. The number of aromatic nitrogens is 1. The molecule has 112 valence electrons. The highest BCUT2D eigenvalue weighted by atomic mass is 32.1. The maximum atomic E-state index is 12.5. The van der Waals surface area contributed by atoms with Crippen molar-refractivity contribution in [3.8, 4) is 0 Å². The van der Waals surface area contributed by atoms with Crippen molar-refractivity contribution in [1.82, 2.24) is 14.4 Å². The van der Waals surface area contributed by atoms with Crippen LogP contribution in [-0.2, 0) is 13.6 Å². The van der Waals surface area contributed by atoms with Crippen molar-refractivity contribution in [2.45, 2.75) is 13.5 Å². The first kappa shape index (κ1) is 14.4. The van der Waals surface area contributed by atoms with Crippen LogP contribution in [0.3, 0.4) is 0 Å². The van der Waals surface area contributed by atoms with Crippen LogP contribution in [0.2, 0.25) is 0 Å². The Labute approximate surface area is 129 Å². The summed E-state index contributed by atoms with van der Waals surface area (Å²) in [4.78, 5) is 16.9. The molecule has 2 aromatic rings. The van der Waals surface area contributed by atoms with Gasteiger partial charge in [-0.05, 0) is 41.4 Å². The first-order valence-electron chi connectivity index (χ1n) is 7.30. The maximum Gasteiger partial charge on any atom is 0.270 e. The number of thiophene rings is 1. The van der Waals surface area contributed by atoms with Gasteiger partial charge in [-0.25, -0.2) is 0 Å². The summed E-state index contributed by atoms with van der Waals surface area (Å²) in [6.07, 6.45) is 0. The Morgan fingerprint density at radius 3 is 2.52 bits per heavy atom. The predicted octanol–water partition coefficient (Wildman–Crippen LogP) is 2.35. The fourth-order valence-corrected chi connectivity index (χ4v) is 3.40. The van der Waals surface area contributed by atoms with Gasteiger partial charge in [0.1, 0.15) is 5.69 Å². The second kappa shape index (κ2) is 6.03. The number of hydrogen-bond acceptors (Lipinski definition) is 3. The number of carbonyl (C=O) groups excluding carboxylic acids is 1. The third kappa shape index (κ3) is 3.04. The molecular formula is C16H21N3OS. The number of hydrogen-bond donors (Lipinski definition) is 0. The number of carbonyl (C=O) groups is 1. The monoisotopic (exact) mass is 303 g/mol. The predicted molar refractivity (Wildman–Crippen MR) is 85.6 cm³/mol. The molecular weight excluding hydrogens is 282 g/mol. The minimum atomic E-state index is 0.154. The number of rotatable bonds is 3. The molecule has 0 atom stereocenters. The average molecular weight is 303 g/mol. The topological polar surface area (TPSA) is 28.5 Å². The van der Waals surface area contributed by atoms with Gasteiger partial charge in [-0.15, -0.1) is 0 Å². The molecule has 0 radical (unpaired) electrons. The SMILES string of the molecule is Cc1ccc(C(=O)N2CCN(Cc3ccsc3)CC2)n1C. The van der Waals surface area contributed by atoms with Crippen molar-refractivity contribution in [1.29, 1.82) is 0 Å². The Morgan fingerprint density at radius 2 is 1.95 bits per heavy atom. The quantitative estimate of drug-likeness (QED) is 0.871. The second-order valence-electron chi connectivity index (χ2n) is 5.62. The van der Waals surface area contributed by atoms with Gasteiger partial charge in [0.05, 0.1) is 0 Å². The van der Waals surface area contributed by atoms with Gasteiger partial charge < -0.3 is 9.47 Å². The van der Waals surface area contributed by atoms with Crippen molar-refractivity contribution < 1.29 is 4.79 Å². The van der Waals surface area contributed by atoms with Gasteiger partial charge in [-0.3, -0.25) is 9.69 Å². The smallest absolute Gasteiger partial charge is 0.270 e. The summed E-state index contributed by atoms with van der Waals surface area (Å²) in [5.41, 5.74) is 3.28. The molecule has 0 unspecified atom stereocenters. The van der Waals surface area contributed by atoms with E-state index in [-0.39, 0.29) is 5.91 Å². The van der Waals surface area contributed by atoms with E-state index in [0.717, 1.165) is 44.1 Å². The summed E-state index contributed by atoms with van der Waals surface area (Å²) >= 11 is 1.74. The average Bonchev–Trinajstić information content (AvgIpc) is 3.11. The van der Waals surface area contributed by atoms with Gasteiger partial charge in [0.15, 0.2) is 0 Å². The molecule has 3 rings (SSSR count). The van der Waals surface area contributed by atoms with Crippen molar-refractivity contribution in [3.05, 3.63) is 45.9 Å². The van der Waals surface area contributed by atoms with Crippen LogP contribution in [-0.4, -0.2) is 46.5 Å². The van der Waals surface area contributed by atoms with Gasteiger partial charge in [0.2, 0.25) is 0 Å². The first-order valence-corrected chi connectivity index (χ1v) is 8.24. The van der Waals surface area contributed by atoms with Crippen LogP contribution < -0.4 is 0 Å². The third-order valence-electron chi connectivity index (χ3n) is 4.24. The van der Waals surface area contributed by atoms with E-state index in [2.05, 4.69) is 21.7 Å². The number of piperazine rings is 1. The van der Waals surface area contributed by atoms with E-state index in [1.165, 1.54) is 5.56 Å².